The standard InChI is InChI=1S/C21H28N4O.HI/c1-2-17-5-4-8-20(14-17)24-21(22)23-15-18-6-3-7-19(13-18)16-25-9-11-26-12-10-25;/h3-8,13-14H,2,9-12,15-16H2,1H3,(H3,22,23,24);1H. The summed E-state index contributed by atoms with van der Waals surface area (Å²) in [4.78, 5) is 6.90. The van der Waals surface area contributed by atoms with Crippen molar-refractivity contribution in [3.8, 4) is 0 Å². The van der Waals surface area contributed by atoms with Gasteiger partial charge in [0.2, 0.25) is 0 Å². The van der Waals surface area contributed by atoms with Gasteiger partial charge in [-0.25, -0.2) is 4.99 Å². The number of nitrogens with zero attached hydrogens (tertiary/aromatic N) is 2. The Hall–Kier alpha value is -1.64. The lowest BCUT2D eigenvalue weighted by molar-refractivity contribution is 0.0342. The van der Waals surface area contributed by atoms with Crippen LogP contribution in [0.4, 0.5) is 5.69 Å². The molecule has 6 heteroatoms. The van der Waals surface area contributed by atoms with Gasteiger partial charge in [0.1, 0.15) is 0 Å². The van der Waals surface area contributed by atoms with Gasteiger partial charge in [0, 0.05) is 25.3 Å². The van der Waals surface area contributed by atoms with E-state index < -0.39 is 0 Å². The Morgan fingerprint density at radius 2 is 1.78 bits per heavy atom. The number of hydrogen-bond donors (Lipinski definition) is 2. The van der Waals surface area contributed by atoms with Crippen LogP contribution < -0.4 is 11.1 Å². The second-order valence-corrected chi connectivity index (χ2v) is 6.59. The van der Waals surface area contributed by atoms with Gasteiger partial charge < -0.3 is 15.8 Å². The summed E-state index contributed by atoms with van der Waals surface area (Å²) in [5.74, 6) is 0.442. The maximum Gasteiger partial charge on any atom is 0.193 e. The van der Waals surface area contributed by atoms with Gasteiger partial charge in [0.25, 0.3) is 0 Å². The summed E-state index contributed by atoms with van der Waals surface area (Å²) in [5.41, 5.74) is 10.8. The number of ether oxygens (including phenoxy) is 1. The first-order valence-electron chi connectivity index (χ1n) is 9.27. The summed E-state index contributed by atoms with van der Waals surface area (Å²) in [7, 11) is 0. The van der Waals surface area contributed by atoms with Crippen molar-refractivity contribution in [1.82, 2.24) is 4.90 Å². The van der Waals surface area contributed by atoms with E-state index in [0.717, 1.165) is 45.0 Å². The summed E-state index contributed by atoms with van der Waals surface area (Å²) in [6, 6.07) is 16.8. The SMILES string of the molecule is CCc1cccc(NC(N)=NCc2cccc(CN3CCOCC3)c2)c1.I. The smallest absolute Gasteiger partial charge is 0.193 e. The van der Waals surface area contributed by atoms with Crippen molar-refractivity contribution in [2.45, 2.75) is 26.4 Å². The number of benzene rings is 2. The lowest BCUT2D eigenvalue weighted by atomic mass is 10.1. The molecule has 0 unspecified atom stereocenters. The molecule has 1 aliphatic heterocycles. The Bertz CT molecular complexity index is 744. The van der Waals surface area contributed by atoms with Gasteiger partial charge in [-0.15, -0.1) is 24.0 Å². The predicted octanol–water partition coefficient (Wildman–Crippen LogP) is 3.63. The van der Waals surface area contributed by atoms with Crippen LogP contribution in [0.1, 0.15) is 23.6 Å². The number of morpholine rings is 1. The number of guanidine groups is 1. The normalized spacial score (nSPS) is 15.2. The zero-order valence-electron chi connectivity index (χ0n) is 15.9. The monoisotopic (exact) mass is 480 g/mol. The molecule has 2 aromatic rings. The topological polar surface area (TPSA) is 62.9 Å². The van der Waals surface area contributed by atoms with E-state index in [1.54, 1.807) is 0 Å². The average Bonchev–Trinajstić information content (AvgIpc) is 2.68. The number of aliphatic imine (C=N–C) groups is 1. The van der Waals surface area contributed by atoms with Crippen LogP contribution in [0, 0.1) is 0 Å². The van der Waals surface area contributed by atoms with Crippen LogP contribution >= 0.6 is 24.0 Å². The van der Waals surface area contributed by atoms with Crippen molar-refractivity contribution in [2.75, 3.05) is 31.6 Å². The number of nitrogens with two attached hydrogens (primary N) is 1. The van der Waals surface area contributed by atoms with E-state index in [2.05, 4.69) is 58.5 Å². The number of anilines is 1. The number of aryl methyl sites for hydroxylation is 1. The Labute approximate surface area is 179 Å². The highest BCUT2D eigenvalue weighted by molar-refractivity contribution is 14.0. The van der Waals surface area contributed by atoms with Gasteiger partial charge in [0.15, 0.2) is 5.96 Å². The molecule has 2 aromatic carbocycles. The molecule has 3 rings (SSSR count). The lowest BCUT2D eigenvalue weighted by Gasteiger charge is -2.26. The van der Waals surface area contributed by atoms with Gasteiger partial charge in [-0.3, -0.25) is 4.90 Å². The van der Waals surface area contributed by atoms with E-state index in [4.69, 9.17) is 10.5 Å². The fourth-order valence-electron chi connectivity index (χ4n) is 3.08. The zero-order chi connectivity index (χ0) is 18.2. The Kier molecular flexibility index (Phi) is 9.03. The molecule has 1 saturated heterocycles. The Morgan fingerprint density at radius 1 is 1.07 bits per heavy atom. The van der Waals surface area contributed by atoms with Crippen LogP contribution in [0.5, 0.6) is 0 Å². The van der Waals surface area contributed by atoms with E-state index in [1.165, 1.54) is 16.7 Å². The highest BCUT2D eigenvalue weighted by Crippen LogP contribution is 2.12. The van der Waals surface area contributed by atoms with Crippen LogP contribution in [0.2, 0.25) is 0 Å². The molecule has 0 aromatic heterocycles. The van der Waals surface area contributed by atoms with Gasteiger partial charge in [-0.2, -0.15) is 0 Å². The van der Waals surface area contributed by atoms with Crippen molar-refractivity contribution in [1.29, 1.82) is 0 Å². The molecule has 0 aliphatic carbocycles. The number of hydrogen-bond acceptors (Lipinski definition) is 3. The Balaban J connectivity index is 0.00000261. The summed E-state index contributed by atoms with van der Waals surface area (Å²) in [5, 5.41) is 3.17. The second kappa shape index (κ2) is 11.3. The maximum absolute atomic E-state index is 6.05. The maximum atomic E-state index is 6.05. The van der Waals surface area contributed by atoms with Crippen LogP contribution in [0.3, 0.4) is 0 Å². The molecule has 3 N–H and O–H groups in total. The first-order chi connectivity index (χ1) is 12.7. The molecule has 0 spiro atoms. The van der Waals surface area contributed by atoms with E-state index in [1.807, 2.05) is 12.1 Å². The first-order valence-corrected chi connectivity index (χ1v) is 9.27. The summed E-state index contributed by atoms with van der Waals surface area (Å²) < 4.78 is 5.41. The van der Waals surface area contributed by atoms with Crippen molar-refractivity contribution >= 4 is 35.6 Å². The quantitative estimate of drug-likeness (QED) is 0.377. The van der Waals surface area contributed by atoms with E-state index in [9.17, 15) is 0 Å². The molecule has 27 heavy (non-hydrogen) atoms. The minimum atomic E-state index is 0. The summed E-state index contributed by atoms with van der Waals surface area (Å²) in [6.45, 7) is 7.31. The Morgan fingerprint density at radius 3 is 2.56 bits per heavy atom. The third kappa shape index (κ3) is 7.12. The predicted molar refractivity (Wildman–Crippen MR) is 123 cm³/mol. The zero-order valence-corrected chi connectivity index (χ0v) is 18.2. The van der Waals surface area contributed by atoms with Crippen molar-refractivity contribution < 1.29 is 4.74 Å². The summed E-state index contributed by atoms with van der Waals surface area (Å²) in [6.07, 6.45) is 1.00. The van der Waals surface area contributed by atoms with Gasteiger partial charge in [-0.1, -0.05) is 43.3 Å². The highest BCUT2D eigenvalue weighted by atomic mass is 127. The fourth-order valence-corrected chi connectivity index (χ4v) is 3.08. The number of nitrogens with one attached hydrogen (secondary N) is 1. The van der Waals surface area contributed by atoms with Gasteiger partial charge in [-0.05, 0) is 35.2 Å². The van der Waals surface area contributed by atoms with E-state index >= 15 is 0 Å². The molecule has 1 fully saturated rings. The first kappa shape index (κ1) is 21.7. The molecule has 0 bridgehead atoms. The summed E-state index contributed by atoms with van der Waals surface area (Å²) >= 11 is 0. The number of halogens is 1. The van der Waals surface area contributed by atoms with Crippen molar-refractivity contribution in [3.05, 3.63) is 65.2 Å². The fraction of sp³-hybridized carbons (Fsp3) is 0.381. The molecule has 146 valence electrons. The van der Waals surface area contributed by atoms with Crippen LogP contribution in [-0.4, -0.2) is 37.2 Å². The molecule has 0 radical (unpaired) electrons. The largest absolute Gasteiger partial charge is 0.379 e. The van der Waals surface area contributed by atoms with E-state index in [-0.39, 0.29) is 24.0 Å². The van der Waals surface area contributed by atoms with Crippen molar-refractivity contribution in [3.63, 3.8) is 0 Å². The molecule has 5 nitrogen and oxygen atoms in total. The molecule has 1 heterocycles. The van der Waals surface area contributed by atoms with Gasteiger partial charge >= 0.3 is 0 Å². The average molecular weight is 480 g/mol. The molecule has 0 saturated carbocycles. The third-order valence-electron chi connectivity index (χ3n) is 4.54. The molecular formula is C21H29IN4O. The van der Waals surface area contributed by atoms with Crippen molar-refractivity contribution in [2.24, 2.45) is 10.7 Å². The molecule has 0 amide bonds. The van der Waals surface area contributed by atoms with Crippen LogP contribution in [-0.2, 0) is 24.2 Å². The molecule has 1 aliphatic rings. The molecule has 0 atom stereocenters. The second-order valence-electron chi connectivity index (χ2n) is 6.59. The molecular weight excluding hydrogens is 451 g/mol. The minimum Gasteiger partial charge on any atom is -0.379 e. The van der Waals surface area contributed by atoms with Gasteiger partial charge in [0.05, 0.1) is 19.8 Å². The van der Waals surface area contributed by atoms with Crippen LogP contribution in [0.15, 0.2) is 53.5 Å². The number of rotatable bonds is 6. The minimum absolute atomic E-state index is 0. The lowest BCUT2D eigenvalue weighted by Crippen LogP contribution is -2.35. The van der Waals surface area contributed by atoms with Crippen LogP contribution in [0.25, 0.3) is 0 Å². The third-order valence-corrected chi connectivity index (χ3v) is 4.54. The highest BCUT2D eigenvalue weighted by Gasteiger charge is 2.10. The van der Waals surface area contributed by atoms with E-state index in [0.29, 0.717) is 12.5 Å².